The van der Waals surface area contributed by atoms with Crippen molar-refractivity contribution in [1.29, 1.82) is 0 Å². The number of aromatic nitrogens is 2. The minimum atomic E-state index is -0.616. The predicted molar refractivity (Wildman–Crippen MR) is 49.7 cm³/mol. The van der Waals surface area contributed by atoms with Crippen molar-refractivity contribution in [3.8, 4) is 11.5 Å². The zero-order chi connectivity index (χ0) is 10.8. The molecule has 0 saturated heterocycles. The van der Waals surface area contributed by atoms with E-state index in [4.69, 9.17) is 4.42 Å². The molecule has 0 spiro atoms. The molecule has 2 heterocycles. The second kappa shape index (κ2) is 3.61. The first kappa shape index (κ1) is 9.51. The molecule has 2 aromatic rings. The predicted octanol–water partition coefficient (Wildman–Crippen LogP) is 2.08. The van der Waals surface area contributed by atoms with E-state index in [1.165, 1.54) is 25.5 Å². The second-order valence-electron chi connectivity index (χ2n) is 2.96. The number of hydrogen-bond acceptors (Lipinski definition) is 4. The van der Waals surface area contributed by atoms with Gasteiger partial charge in [0.15, 0.2) is 5.78 Å². The molecular formula is C10H7FN2O2. The number of pyridine rings is 1. The lowest BCUT2D eigenvalue weighted by Gasteiger charge is -1.93. The third-order valence-corrected chi connectivity index (χ3v) is 1.84. The van der Waals surface area contributed by atoms with Crippen molar-refractivity contribution in [3.63, 3.8) is 0 Å². The molecule has 0 aliphatic carbocycles. The second-order valence-corrected chi connectivity index (χ2v) is 2.96. The van der Waals surface area contributed by atoms with Crippen LogP contribution >= 0.6 is 0 Å². The Morgan fingerprint density at radius 2 is 2.33 bits per heavy atom. The number of nitrogens with zero attached hydrogens (tertiary/aromatic N) is 2. The Bertz CT molecular complexity index is 508. The topological polar surface area (TPSA) is 56.0 Å². The quantitative estimate of drug-likeness (QED) is 0.557. The highest BCUT2D eigenvalue weighted by Crippen LogP contribution is 2.18. The Morgan fingerprint density at radius 1 is 1.53 bits per heavy atom. The zero-order valence-electron chi connectivity index (χ0n) is 7.90. The molecule has 0 fully saturated rings. The number of carbonyl (C=O) groups excluding carboxylic acids is 1. The van der Waals surface area contributed by atoms with Gasteiger partial charge in [-0.1, -0.05) is 0 Å². The van der Waals surface area contributed by atoms with Gasteiger partial charge in [-0.15, -0.1) is 0 Å². The van der Waals surface area contributed by atoms with Crippen LogP contribution in [-0.2, 0) is 0 Å². The number of Topliss-reactive ketones (excluding diaryl/α,β-unsaturated/α-hetero) is 1. The van der Waals surface area contributed by atoms with Gasteiger partial charge in [0.2, 0.25) is 11.8 Å². The van der Waals surface area contributed by atoms with Crippen LogP contribution in [0.2, 0.25) is 0 Å². The van der Waals surface area contributed by atoms with Crippen LogP contribution in [0.25, 0.3) is 11.5 Å². The fourth-order valence-corrected chi connectivity index (χ4v) is 1.10. The van der Waals surface area contributed by atoms with Gasteiger partial charge in [-0.25, -0.2) is 9.97 Å². The molecule has 0 aliphatic rings. The van der Waals surface area contributed by atoms with Gasteiger partial charge in [-0.3, -0.25) is 4.79 Å². The van der Waals surface area contributed by atoms with Crippen LogP contribution in [-0.4, -0.2) is 15.8 Å². The molecule has 0 aliphatic heterocycles. The highest BCUT2D eigenvalue weighted by Gasteiger charge is 2.10. The maximum atomic E-state index is 12.8. The van der Waals surface area contributed by atoms with E-state index >= 15 is 0 Å². The Hall–Kier alpha value is -2.04. The molecule has 0 radical (unpaired) electrons. The van der Waals surface area contributed by atoms with E-state index in [2.05, 4.69) is 9.97 Å². The van der Waals surface area contributed by atoms with Crippen LogP contribution in [0.15, 0.2) is 29.0 Å². The normalized spacial score (nSPS) is 10.3. The van der Waals surface area contributed by atoms with Crippen molar-refractivity contribution in [1.82, 2.24) is 9.97 Å². The first-order valence-corrected chi connectivity index (χ1v) is 4.25. The fourth-order valence-electron chi connectivity index (χ4n) is 1.10. The Labute approximate surface area is 84.8 Å². The third kappa shape index (κ3) is 1.90. The summed E-state index contributed by atoms with van der Waals surface area (Å²) in [7, 11) is 0. The molecule has 0 amide bonds. The number of rotatable bonds is 2. The van der Waals surface area contributed by atoms with E-state index in [1.54, 1.807) is 6.07 Å². The minimum Gasteiger partial charge on any atom is -0.444 e. The summed E-state index contributed by atoms with van der Waals surface area (Å²) in [5.74, 6) is -0.601. The van der Waals surface area contributed by atoms with Gasteiger partial charge in [0.1, 0.15) is 12.0 Å². The average molecular weight is 206 g/mol. The first-order valence-electron chi connectivity index (χ1n) is 4.25. The van der Waals surface area contributed by atoms with E-state index in [0.717, 1.165) is 0 Å². The molecule has 0 N–H and O–H groups in total. The van der Waals surface area contributed by atoms with Gasteiger partial charge in [-0.2, -0.15) is 4.39 Å². The van der Waals surface area contributed by atoms with E-state index < -0.39 is 5.95 Å². The maximum Gasteiger partial charge on any atom is 0.226 e. The van der Waals surface area contributed by atoms with E-state index in [9.17, 15) is 9.18 Å². The van der Waals surface area contributed by atoms with Crippen LogP contribution in [0.5, 0.6) is 0 Å². The summed E-state index contributed by atoms with van der Waals surface area (Å²) < 4.78 is 17.8. The van der Waals surface area contributed by atoms with Gasteiger partial charge in [0, 0.05) is 24.8 Å². The molecular weight excluding hydrogens is 199 g/mol. The molecule has 0 unspecified atom stereocenters. The standard InChI is InChI=1S/C10H7FN2O2/c1-6(14)8-5-15-10(13-8)7-2-3-12-9(11)4-7/h2-5H,1H3. The van der Waals surface area contributed by atoms with Crippen molar-refractivity contribution in [2.24, 2.45) is 0 Å². The molecule has 15 heavy (non-hydrogen) atoms. The van der Waals surface area contributed by atoms with E-state index in [0.29, 0.717) is 5.56 Å². The Kier molecular flexibility index (Phi) is 2.29. The molecule has 76 valence electrons. The van der Waals surface area contributed by atoms with Crippen molar-refractivity contribution in [2.75, 3.05) is 0 Å². The Balaban J connectivity index is 2.41. The summed E-state index contributed by atoms with van der Waals surface area (Å²) in [6.45, 7) is 1.38. The van der Waals surface area contributed by atoms with Crippen molar-refractivity contribution in [2.45, 2.75) is 6.92 Å². The molecule has 5 heteroatoms. The number of hydrogen-bond donors (Lipinski definition) is 0. The largest absolute Gasteiger partial charge is 0.444 e. The maximum absolute atomic E-state index is 12.8. The molecule has 0 bridgehead atoms. The lowest BCUT2D eigenvalue weighted by Crippen LogP contribution is -1.91. The van der Waals surface area contributed by atoms with Crippen molar-refractivity contribution < 1.29 is 13.6 Å². The van der Waals surface area contributed by atoms with Crippen LogP contribution < -0.4 is 0 Å². The third-order valence-electron chi connectivity index (χ3n) is 1.84. The smallest absolute Gasteiger partial charge is 0.226 e. The SMILES string of the molecule is CC(=O)c1coc(-c2ccnc(F)c2)n1. The lowest BCUT2D eigenvalue weighted by atomic mass is 10.3. The summed E-state index contributed by atoms with van der Waals surface area (Å²) in [6.07, 6.45) is 2.55. The molecule has 0 saturated carbocycles. The number of oxazole rings is 1. The molecule has 4 nitrogen and oxygen atoms in total. The van der Waals surface area contributed by atoms with Gasteiger partial charge >= 0.3 is 0 Å². The first-order chi connectivity index (χ1) is 7.16. The number of halogens is 1. The van der Waals surface area contributed by atoms with Crippen molar-refractivity contribution in [3.05, 3.63) is 36.2 Å². The monoisotopic (exact) mass is 206 g/mol. The van der Waals surface area contributed by atoms with E-state index in [-0.39, 0.29) is 17.4 Å². The number of carbonyl (C=O) groups is 1. The number of ketones is 1. The molecule has 2 aromatic heterocycles. The average Bonchev–Trinajstić information content (AvgIpc) is 2.66. The molecule has 2 rings (SSSR count). The molecule has 0 aromatic carbocycles. The summed E-state index contributed by atoms with van der Waals surface area (Å²) in [6, 6.07) is 2.74. The van der Waals surface area contributed by atoms with Gasteiger partial charge in [-0.05, 0) is 6.07 Å². The highest BCUT2D eigenvalue weighted by atomic mass is 19.1. The van der Waals surface area contributed by atoms with Crippen LogP contribution in [0.3, 0.4) is 0 Å². The lowest BCUT2D eigenvalue weighted by molar-refractivity contribution is 0.101. The van der Waals surface area contributed by atoms with Gasteiger partial charge in [0.05, 0.1) is 0 Å². The van der Waals surface area contributed by atoms with Crippen LogP contribution in [0, 0.1) is 5.95 Å². The minimum absolute atomic E-state index is 0.195. The Morgan fingerprint density at radius 3 is 2.93 bits per heavy atom. The zero-order valence-corrected chi connectivity index (χ0v) is 7.90. The van der Waals surface area contributed by atoms with E-state index in [1.807, 2.05) is 0 Å². The summed E-state index contributed by atoms with van der Waals surface area (Å²) in [5, 5.41) is 0. The van der Waals surface area contributed by atoms with Crippen LogP contribution in [0.1, 0.15) is 17.4 Å². The van der Waals surface area contributed by atoms with Gasteiger partial charge in [0.25, 0.3) is 0 Å². The van der Waals surface area contributed by atoms with Crippen LogP contribution in [0.4, 0.5) is 4.39 Å². The van der Waals surface area contributed by atoms with Crippen molar-refractivity contribution >= 4 is 5.78 Å². The van der Waals surface area contributed by atoms with Gasteiger partial charge < -0.3 is 4.42 Å². The summed E-state index contributed by atoms with van der Waals surface area (Å²) in [5.41, 5.74) is 0.678. The highest BCUT2D eigenvalue weighted by molar-refractivity contribution is 5.92. The summed E-state index contributed by atoms with van der Waals surface area (Å²) >= 11 is 0. The fraction of sp³-hybridized carbons (Fsp3) is 0.100. The summed E-state index contributed by atoms with van der Waals surface area (Å²) in [4.78, 5) is 18.3. The molecule has 0 atom stereocenters.